The zero-order chi connectivity index (χ0) is 25.2. The Morgan fingerprint density at radius 2 is 1.92 bits per heavy atom. The molecule has 5 rings (SSSR count). The largest absolute Gasteiger partial charge is 0.496 e. The summed E-state index contributed by atoms with van der Waals surface area (Å²) in [5.74, 6) is 2.13. The van der Waals surface area contributed by atoms with Gasteiger partial charge in [0.05, 0.1) is 40.2 Å². The van der Waals surface area contributed by atoms with Crippen molar-refractivity contribution in [2.75, 3.05) is 7.11 Å². The predicted molar refractivity (Wildman–Crippen MR) is 145 cm³/mol. The van der Waals surface area contributed by atoms with E-state index in [1.165, 1.54) is 4.68 Å². The second-order valence-corrected chi connectivity index (χ2v) is 9.18. The van der Waals surface area contributed by atoms with Crippen LogP contribution in [0, 0.1) is 0 Å². The van der Waals surface area contributed by atoms with Gasteiger partial charge in [0.2, 0.25) is 5.82 Å². The number of fused-ring (bicyclic) bond motifs is 2. The fraction of sp³-hybridized carbons (Fsp3) is 0.179. The maximum absolute atomic E-state index is 13.5. The van der Waals surface area contributed by atoms with Crippen LogP contribution in [0.1, 0.15) is 25.8 Å². The molecule has 0 unspecified atom stereocenters. The van der Waals surface area contributed by atoms with Gasteiger partial charge in [0.1, 0.15) is 17.1 Å². The van der Waals surface area contributed by atoms with Crippen molar-refractivity contribution in [1.29, 1.82) is 0 Å². The Bertz CT molecular complexity index is 1650. The second-order valence-electron chi connectivity index (χ2n) is 8.32. The van der Waals surface area contributed by atoms with Crippen LogP contribution in [0.5, 0.6) is 11.5 Å². The molecule has 5 aromatic rings. The van der Waals surface area contributed by atoms with Gasteiger partial charge in [-0.05, 0) is 83.4 Å². The standard InChI is InChI=1S/C28H24BrN3O4/c1-4-17(2)35-25-13-12-18(14-21(25)29)16-30-32-27(31-22-9-6-5-8-19(22)28(32)33)26-15-20-23(34-3)10-7-11-24(20)36-26/h5-17H,4H2,1-3H3/t17-/m0/s1. The molecule has 0 spiro atoms. The molecule has 8 heteroatoms. The van der Waals surface area contributed by atoms with Gasteiger partial charge < -0.3 is 13.9 Å². The number of nitrogens with zero attached hydrogens (tertiary/aromatic N) is 3. The maximum atomic E-state index is 13.5. The minimum Gasteiger partial charge on any atom is -0.496 e. The molecule has 0 N–H and O–H groups in total. The molecule has 1 atom stereocenters. The normalized spacial score (nSPS) is 12.4. The molecular formula is C28H24BrN3O4. The van der Waals surface area contributed by atoms with Crippen LogP contribution in [0.3, 0.4) is 0 Å². The summed E-state index contributed by atoms with van der Waals surface area (Å²) in [6.45, 7) is 4.10. The predicted octanol–water partition coefficient (Wildman–Crippen LogP) is 6.64. The highest BCUT2D eigenvalue weighted by molar-refractivity contribution is 9.10. The van der Waals surface area contributed by atoms with Crippen LogP contribution in [0.25, 0.3) is 33.5 Å². The molecule has 0 aliphatic carbocycles. The summed E-state index contributed by atoms with van der Waals surface area (Å²) in [4.78, 5) is 18.2. The number of rotatable bonds is 7. The summed E-state index contributed by atoms with van der Waals surface area (Å²) in [6, 6.07) is 20.2. The minimum atomic E-state index is -0.296. The number of hydrogen-bond donors (Lipinski definition) is 0. The Morgan fingerprint density at radius 3 is 2.69 bits per heavy atom. The van der Waals surface area contributed by atoms with Crippen LogP contribution < -0.4 is 15.0 Å². The van der Waals surface area contributed by atoms with Gasteiger partial charge in [-0.3, -0.25) is 4.79 Å². The van der Waals surface area contributed by atoms with Crippen molar-refractivity contribution < 1.29 is 13.9 Å². The monoisotopic (exact) mass is 545 g/mol. The lowest BCUT2D eigenvalue weighted by atomic mass is 10.2. The van der Waals surface area contributed by atoms with Crippen molar-refractivity contribution >= 4 is 44.0 Å². The number of aromatic nitrogens is 2. The van der Waals surface area contributed by atoms with Crippen molar-refractivity contribution in [1.82, 2.24) is 9.66 Å². The Balaban J connectivity index is 1.62. The first kappa shape index (κ1) is 23.8. The Kier molecular flexibility index (Phi) is 6.61. The van der Waals surface area contributed by atoms with Gasteiger partial charge in [0, 0.05) is 0 Å². The molecule has 0 amide bonds. The van der Waals surface area contributed by atoms with Gasteiger partial charge in [0.15, 0.2) is 5.76 Å². The summed E-state index contributed by atoms with van der Waals surface area (Å²) in [6.07, 6.45) is 2.62. The Hall–Kier alpha value is -3.91. The number of furan rings is 1. The quantitative estimate of drug-likeness (QED) is 0.214. The molecule has 0 bridgehead atoms. The lowest BCUT2D eigenvalue weighted by molar-refractivity contribution is 0.216. The summed E-state index contributed by atoms with van der Waals surface area (Å²) in [5.41, 5.74) is 1.68. The van der Waals surface area contributed by atoms with E-state index in [1.54, 1.807) is 31.5 Å². The van der Waals surface area contributed by atoms with Crippen molar-refractivity contribution in [2.24, 2.45) is 5.10 Å². The number of para-hydroxylation sites is 1. The first-order valence-electron chi connectivity index (χ1n) is 11.6. The average molecular weight is 546 g/mol. The number of hydrogen-bond acceptors (Lipinski definition) is 6. The summed E-state index contributed by atoms with van der Waals surface area (Å²) in [5, 5.41) is 5.78. The van der Waals surface area contributed by atoms with Crippen molar-refractivity contribution in [3.8, 4) is 23.1 Å². The van der Waals surface area contributed by atoms with Gasteiger partial charge in [-0.25, -0.2) is 4.98 Å². The maximum Gasteiger partial charge on any atom is 0.282 e. The third-order valence-electron chi connectivity index (χ3n) is 5.90. The SMILES string of the molecule is CC[C@H](C)Oc1ccc(C=Nn2c(-c3cc4c(OC)cccc4o3)nc3ccccc3c2=O)cc1Br. The molecule has 2 heterocycles. The molecule has 0 saturated heterocycles. The Labute approximate surface area is 216 Å². The fourth-order valence-corrected chi connectivity index (χ4v) is 4.32. The highest BCUT2D eigenvalue weighted by Gasteiger charge is 2.18. The van der Waals surface area contributed by atoms with Crippen LogP contribution in [0.4, 0.5) is 0 Å². The molecule has 0 aliphatic rings. The van der Waals surface area contributed by atoms with Crippen LogP contribution in [-0.2, 0) is 0 Å². The molecule has 0 saturated carbocycles. The van der Waals surface area contributed by atoms with Gasteiger partial charge in [-0.1, -0.05) is 25.1 Å². The molecule has 0 aliphatic heterocycles. The van der Waals surface area contributed by atoms with Gasteiger partial charge in [0.25, 0.3) is 5.56 Å². The van der Waals surface area contributed by atoms with E-state index >= 15 is 0 Å². The van der Waals surface area contributed by atoms with Crippen LogP contribution in [0.15, 0.2) is 85.5 Å². The lowest BCUT2D eigenvalue weighted by Gasteiger charge is -2.14. The topological polar surface area (TPSA) is 78.8 Å². The van der Waals surface area contributed by atoms with Crippen molar-refractivity contribution in [3.63, 3.8) is 0 Å². The summed E-state index contributed by atoms with van der Waals surface area (Å²) in [7, 11) is 1.60. The third kappa shape index (κ3) is 4.52. The molecule has 0 fully saturated rings. The Morgan fingerprint density at radius 1 is 1.08 bits per heavy atom. The van der Waals surface area contributed by atoms with E-state index < -0.39 is 0 Å². The van der Waals surface area contributed by atoms with E-state index in [0.29, 0.717) is 33.8 Å². The fourth-order valence-electron chi connectivity index (χ4n) is 3.83. The zero-order valence-electron chi connectivity index (χ0n) is 20.1. The van der Waals surface area contributed by atoms with Gasteiger partial charge in [-0.15, -0.1) is 0 Å². The van der Waals surface area contributed by atoms with E-state index in [9.17, 15) is 4.79 Å². The van der Waals surface area contributed by atoms with Crippen molar-refractivity contribution in [2.45, 2.75) is 26.4 Å². The molecular weight excluding hydrogens is 522 g/mol. The number of halogens is 1. The van der Waals surface area contributed by atoms with E-state index in [0.717, 1.165) is 27.6 Å². The highest BCUT2D eigenvalue weighted by Crippen LogP contribution is 2.33. The molecule has 0 radical (unpaired) electrons. The van der Waals surface area contributed by atoms with Crippen LogP contribution >= 0.6 is 15.9 Å². The smallest absolute Gasteiger partial charge is 0.282 e. The van der Waals surface area contributed by atoms with E-state index in [-0.39, 0.29) is 11.7 Å². The molecule has 36 heavy (non-hydrogen) atoms. The van der Waals surface area contributed by atoms with Crippen molar-refractivity contribution in [3.05, 3.63) is 87.1 Å². The van der Waals surface area contributed by atoms with Crippen LogP contribution in [-0.4, -0.2) is 29.1 Å². The molecule has 7 nitrogen and oxygen atoms in total. The second kappa shape index (κ2) is 9.99. The van der Waals surface area contributed by atoms with Crippen LogP contribution in [0.2, 0.25) is 0 Å². The first-order valence-corrected chi connectivity index (χ1v) is 12.4. The third-order valence-corrected chi connectivity index (χ3v) is 6.52. The number of ether oxygens (including phenoxy) is 2. The van der Waals surface area contributed by atoms with E-state index in [2.05, 4.69) is 28.0 Å². The number of benzene rings is 3. The summed E-state index contributed by atoms with van der Waals surface area (Å²) < 4.78 is 19.5. The summed E-state index contributed by atoms with van der Waals surface area (Å²) >= 11 is 3.57. The van der Waals surface area contributed by atoms with Gasteiger partial charge in [-0.2, -0.15) is 9.78 Å². The highest BCUT2D eigenvalue weighted by atomic mass is 79.9. The molecule has 3 aromatic carbocycles. The zero-order valence-corrected chi connectivity index (χ0v) is 21.7. The van der Waals surface area contributed by atoms with E-state index in [1.807, 2.05) is 55.5 Å². The minimum absolute atomic E-state index is 0.105. The van der Waals surface area contributed by atoms with E-state index in [4.69, 9.17) is 18.9 Å². The lowest BCUT2D eigenvalue weighted by Crippen LogP contribution is -2.20. The number of methoxy groups -OCH3 is 1. The molecule has 182 valence electrons. The van der Waals surface area contributed by atoms with Gasteiger partial charge >= 0.3 is 0 Å². The molecule has 2 aromatic heterocycles. The average Bonchev–Trinajstić information content (AvgIpc) is 3.34. The first-order chi connectivity index (χ1) is 17.5.